The second kappa shape index (κ2) is 5.83. The summed E-state index contributed by atoms with van der Waals surface area (Å²) in [5.41, 5.74) is 1.34. The van der Waals surface area contributed by atoms with E-state index in [1.165, 1.54) is 5.56 Å². The molecule has 1 heterocycles. The van der Waals surface area contributed by atoms with E-state index in [4.69, 9.17) is 4.74 Å². The number of aromatic nitrogens is 1. The summed E-state index contributed by atoms with van der Waals surface area (Å²) in [6.07, 6.45) is 5.38. The van der Waals surface area contributed by atoms with E-state index in [1.54, 1.807) is 7.11 Å². The molecule has 80 valence electrons. The monoisotopic (exact) mass is 196 g/mol. The van der Waals surface area contributed by atoms with Gasteiger partial charge >= 0.3 is 0 Å². The first-order chi connectivity index (χ1) is 6.77. The van der Waals surface area contributed by atoms with Gasteiger partial charge in [-0.15, -0.1) is 0 Å². The fraction of sp³-hybridized carbons (Fsp3) is 0.636. The number of rotatable bonds is 6. The van der Waals surface area contributed by atoms with E-state index in [0.29, 0.717) is 6.04 Å². The molecule has 1 N–H and O–H groups in total. The zero-order valence-corrected chi connectivity index (χ0v) is 9.29. The smallest absolute Gasteiger partial charge is 0.0479 e. The molecule has 3 nitrogen and oxygen atoms in total. The molecule has 1 atom stereocenters. The summed E-state index contributed by atoms with van der Waals surface area (Å²) in [6, 6.07) is 2.59. The van der Waals surface area contributed by atoms with Gasteiger partial charge in [0.05, 0.1) is 0 Å². The first-order valence-electron chi connectivity index (χ1n) is 5.09. The molecule has 0 aliphatic rings. The predicted molar refractivity (Wildman–Crippen MR) is 58.4 cm³/mol. The van der Waals surface area contributed by atoms with E-state index in [0.717, 1.165) is 19.6 Å². The van der Waals surface area contributed by atoms with Gasteiger partial charge < -0.3 is 14.6 Å². The third-order valence-electron chi connectivity index (χ3n) is 2.47. The molecule has 3 heteroatoms. The Labute approximate surface area is 86.1 Å². The summed E-state index contributed by atoms with van der Waals surface area (Å²) in [6.45, 7) is 4.02. The van der Waals surface area contributed by atoms with Crippen LogP contribution in [0, 0.1) is 0 Å². The van der Waals surface area contributed by atoms with Crippen molar-refractivity contribution in [2.45, 2.75) is 25.9 Å². The van der Waals surface area contributed by atoms with Crippen LogP contribution in [0.1, 0.15) is 24.9 Å². The Bertz CT molecular complexity index is 258. The van der Waals surface area contributed by atoms with Crippen LogP contribution >= 0.6 is 0 Å². The Morgan fingerprint density at radius 2 is 2.36 bits per heavy atom. The molecule has 0 aromatic carbocycles. The SMILES string of the molecule is CNC(C)c1ccn(CCCOC)c1. The highest BCUT2D eigenvalue weighted by atomic mass is 16.5. The molecule has 1 rings (SSSR count). The quantitative estimate of drug-likeness (QED) is 0.702. The number of aryl methyl sites for hydroxylation is 1. The Kier molecular flexibility index (Phi) is 4.70. The summed E-state index contributed by atoms with van der Waals surface area (Å²) in [7, 11) is 3.72. The molecular weight excluding hydrogens is 176 g/mol. The van der Waals surface area contributed by atoms with Crippen LogP contribution in [0.3, 0.4) is 0 Å². The number of hydrogen-bond donors (Lipinski definition) is 1. The van der Waals surface area contributed by atoms with E-state index in [-0.39, 0.29) is 0 Å². The Morgan fingerprint density at radius 3 is 3.00 bits per heavy atom. The number of nitrogens with zero attached hydrogens (tertiary/aromatic N) is 1. The lowest BCUT2D eigenvalue weighted by Gasteiger charge is -2.07. The molecule has 1 aromatic heterocycles. The Morgan fingerprint density at radius 1 is 1.57 bits per heavy atom. The van der Waals surface area contributed by atoms with Gasteiger partial charge in [-0.3, -0.25) is 0 Å². The maximum atomic E-state index is 5.01. The van der Waals surface area contributed by atoms with Gasteiger partial charge in [-0.25, -0.2) is 0 Å². The maximum Gasteiger partial charge on any atom is 0.0479 e. The highest BCUT2D eigenvalue weighted by Gasteiger charge is 2.03. The average Bonchev–Trinajstić information content (AvgIpc) is 2.66. The summed E-state index contributed by atoms with van der Waals surface area (Å²) in [5, 5.41) is 3.22. The van der Waals surface area contributed by atoms with Crippen molar-refractivity contribution in [2.75, 3.05) is 20.8 Å². The van der Waals surface area contributed by atoms with Crippen molar-refractivity contribution in [3.05, 3.63) is 24.0 Å². The van der Waals surface area contributed by atoms with Gasteiger partial charge in [-0.2, -0.15) is 0 Å². The van der Waals surface area contributed by atoms with E-state index in [9.17, 15) is 0 Å². The molecule has 1 aromatic rings. The fourth-order valence-corrected chi connectivity index (χ4v) is 1.41. The molecule has 0 radical (unpaired) electrons. The minimum atomic E-state index is 0.429. The Balaban J connectivity index is 2.42. The number of methoxy groups -OCH3 is 1. The highest BCUT2D eigenvalue weighted by Crippen LogP contribution is 2.11. The lowest BCUT2D eigenvalue weighted by Crippen LogP contribution is -2.11. The van der Waals surface area contributed by atoms with Crippen LogP contribution < -0.4 is 5.32 Å². The van der Waals surface area contributed by atoms with Crippen molar-refractivity contribution in [2.24, 2.45) is 0 Å². The summed E-state index contributed by atoms with van der Waals surface area (Å²) in [5.74, 6) is 0. The van der Waals surface area contributed by atoms with Gasteiger partial charge in [0.2, 0.25) is 0 Å². The van der Waals surface area contributed by atoms with Gasteiger partial charge in [0.15, 0.2) is 0 Å². The minimum Gasteiger partial charge on any atom is -0.385 e. The van der Waals surface area contributed by atoms with Crippen molar-refractivity contribution in [1.29, 1.82) is 0 Å². The van der Waals surface area contributed by atoms with Crippen molar-refractivity contribution in [1.82, 2.24) is 9.88 Å². The molecule has 0 fully saturated rings. The minimum absolute atomic E-state index is 0.429. The van der Waals surface area contributed by atoms with E-state index < -0.39 is 0 Å². The van der Waals surface area contributed by atoms with E-state index in [2.05, 4.69) is 35.3 Å². The summed E-state index contributed by atoms with van der Waals surface area (Å²) >= 11 is 0. The molecule has 0 amide bonds. The standard InChI is InChI=1S/C11H20N2O/c1-10(12-2)11-5-7-13(9-11)6-4-8-14-3/h5,7,9-10,12H,4,6,8H2,1-3H3. The third kappa shape index (κ3) is 3.16. The molecule has 0 bridgehead atoms. The molecule has 0 spiro atoms. The first-order valence-corrected chi connectivity index (χ1v) is 5.09. The number of hydrogen-bond acceptors (Lipinski definition) is 2. The van der Waals surface area contributed by atoms with Crippen molar-refractivity contribution < 1.29 is 4.74 Å². The zero-order valence-electron chi connectivity index (χ0n) is 9.29. The van der Waals surface area contributed by atoms with Gasteiger partial charge in [0.1, 0.15) is 0 Å². The van der Waals surface area contributed by atoms with Gasteiger partial charge in [-0.1, -0.05) is 0 Å². The van der Waals surface area contributed by atoms with E-state index in [1.807, 2.05) is 7.05 Å². The molecule has 0 saturated heterocycles. The summed E-state index contributed by atoms with van der Waals surface area (Å²) in [4.78, 5) is 0. The third-order valence-corrected chi connectivity index (χ3v) is 2.47. The molecule has 0 saturated carbocycles. The van der Waals surface area contributed by atoms with Crippen LogP contribution in [0.25, 0.3) is 0 Å². The van der Waals surface area contributed by atoms with Gasteiger partial charge in [0.25, 0.3) is 0 Å². The van der Waals surface area contributed by atoms with Crippen LogP contribution in [0.15, 0.2) is 18.5 Å². The first kappa shape index (κ1) is 11.3. The molecule has 0 aliphatic heterocycles. The topological polar surface area (TPSA) is 26.2 Å². The van der Waals surface area contributed by atoms with Crippen LogP contribution in [0.2, 0.25) is 0 Å². The van der Waals surface area contributed by atoms with Crippen LogP contribution in [-0.4, -0.2) is 25.3 Å². The molecule has 14 heavy (non-hydrogen) atoms. The van der Waals surface area contributed by atoms with Crippen LogP contribution in [0.5, 0.6) is 0 Å². The predicted octanol–water partition coefficient (Wildman–Crippen LogP) is 1.80. The molecular formula is C11H20N2O. The Hall–Kier alpha value is -0.800. The normalized spacial score (nSPS) is 13.1. The molecule has 1 unspecified atom stereocenters. The van der Waals surface area contributed by atoms with Crippen molar-refractivity contribution >= 4 is 0 Å². The van der Waals surface area contributed by atoms with Gasteiger partial charge in [0, 0.05) is 38.7 Å². The lowest BCUT2D eigenvalue weighted by molar-refractivity contribution is 0.190. The average molecular weight is 196 g/mol. The second-order valence-electron chi connectivity index (χ2n) is 3.54. The van der Waals surface area contributed by atoms with E-state index >= 15 is 0 Å². The van der Waals surface area contributed by atoms with Crippen LogP contribution in [0.4, 0.5) is 0 Å². The van der Waals surface area contributed by atoms with Crippen molar-refractivity contribution in [3.8, 4) is 0 Å². The number of ether oxygens (including phenoxy) is 1. The zero-order chi connectivity index (χ0) is 10.4. The lowest BCUT2D eigenvalue weighted by atomic mass is 10.2. The highest BCUT2D eigenvalue weighted by molar-refractivity contribution is 5.14. The fourth-order valence-electron chi connectivity index (χ4n) is 1.41. The van der Waals surface area contributed by atoms with Crippen LogP contribution in [-0.2, 0) is 11.3 Å². The molecule has 0 aliphatic carbocycles. The number of nitrogens with one attached hydrogen (secondary N) is 1. The second-order valence-corrected chi connectivity index (χ2v) is 3.54. The van der Waals surface area contributed by atoms with Crippen molar-refractivity contribution in [3.63, 3.8) is 0 Å². The summed E-state index contributed by atoms with van der Waals surface area (Å²) < 4.78 is 7.22. The largest absolute Gasteiger partial charge is 0.385 e. The van der Waals surface area contributed by atoms with Gasteiger partial charge in [-0.05, 0) is 32.0 Å². The maximum absolute atomic E-state index is 5.01.